The third-order valence-corrected chi connectivity index (χ3v) is 2.57. The van der Waals surface area contributed by atoms with Crippen LogP contribution in [0.4, 0.5) is 0 Å². The minimum Gasteiger partial charge on any atom is -0.0879 e. The van der Waals surface area contributed by atoms with Gasteiger partial charge in [0, 0.05) is 5.92 Å². The van der Waals surface area contributed by atoms with Crippen molar-refractivity contribution in [1.29, 1.82) is 0 Å². The minimum atomic E-state index is 0.480. The molecule has 0 amide bonds. The Bertz CT molecular complexity index is 292. The summed E-state index contributed by atoms with van der Waals surface area (Å²) in [5, 5.41) is 0. The Hall–Kier alpha value is -0.960. The maximum Gasteiger partial charge on any atom is 0.00280 e. The predicted molar refractivity (Wildman–Crippen MR) is 68.9 cm³/mol. The van der Waals surface area contributed by atoms with Gasteiger partial charge in [-0.25, -0.2) is 0 Å². The van der Waals surface area contributed by atoms with Crippen LogP contribution in [0.1, 0.15) is 53.9 Å². The summed E-state index contributed by atoms with van der Waals surface area (Å²) in [7, 11) is 0. The average molecular weight is 204 g/mol. The van der Waals surface area contributed by atoms with Crippen molar-refractivity contribution in [1.82, 2.24) is 0 Å². The summed E-state index contributed by atoms with van der Waals surface area (Å²) in [5.41, 5.74) is 8.96. The third-order valence-electron chi connectivity index (χ3n) is 2.57. The van der Waals surface area contributed by atoms with Crippen molar-refractivity contribution in [2.45, 2.75) is 53.9 Å². The lowest BCUT2D eigenvalue weighted by Gasteiger charge is -2.02. The highest BCUT2D eigenvalue weighted by molar-refractivity contribution is 5.10. The summed E-state index contributed by atoms with van der Waals surface area (Å²) < 4.78 is 0. The van der Waals surface area contributed by atoms with Crippen molar-refractivity contribution < 1.29 is 0 Å². The van der Waals surface area contributed by atoms with Crippen molar-refractivity contribution in [2.24, 2.45) is 5.92 Å². The molecule has 0 aromatic heterocycles. The Labute approximate surface area is 95.1 Å². The van der Waals surface area contributed by atoms with Gasteiger partial charge >= 0.3 is 0 Å². The molecule has 0 fully saturated rings. The van der Waals surface area contributed by atoms with Crippen LogP contribution in [0.3, 0.4) is 0 Å². The van der Waals surface area contributed by atoms with Gasteiger partial charge in [-0.1, -0.05) is 50.8 Å². The Morgan fingerprint density at radius 3 is 2.40 bits per heavy atom. The monoisotopic (exact) mass is 204 g/mol. The average Bonchev–Trinajstić information content (AvgIpc) is 2.25. The molecule has 1 unspecified atom stereocenters. The van der Waals surface area contributed by atoms with Gasteiger partial charge in [0.1, 0.15) is 0 Å². The number of unbranched alkanes of at least 4 members (excludes halogenated alkanes) is 1. The van der Waals surface area contributed by atoms with Gasteiger partial charge < -0.3 is 0 Å². The van der Waals surface area contributed by atoms with Crippen LogP contribution < -0.4 is 0 Å². The predicted octanol–water partition coefficient (Wildman–Crippen LogP) is 5.04. The van der Waals surface area contributed by atoms with Crippen molar-refractivity contribution in [3.63, 3.8) is 0 Å². The van der Waals surface area contributed by atoms with E-state index in [-0.39, 0.29) is 0 Å². The molecular formula is C15H24. The second-order valence-electron chi connectivity index (χ2n) is 4.07. The first-order valence-corrected chi connectivity index (χ1v) is 5.96. The van der Waals surface area contributed by atoms with E-state index >= 15 is 0 Å². The molecule has 0 aromatic carbocycles. The fraction of sp³-hybridized carbons (Fsp3) is 0.600. The molecule has 0 aliphatic rings. The second-order valence-corrected chi connectivity index (χ2v) is 4.07. The first-order chi connectivity index (χ1) is 7.11. The van der Waals surface area contributed by atoms with Gasteiger partial charge in [-0.3, -0.25) is 0 Å². The number of hydrogen-bond acceptors (Lipinski definition) is 0. The van der Waals surface area contributed by atoms with Gasteiger partial charge in [0.2, 0.25) is 0 Å². The molecule has 0 N–H and O–H groups in total. The minimum absolute atomic E-state index is 0.480. The van der Waals surface area contributed by atoms with E-state index in [1.807, 2.05) is 0 Å². The van der Waals surface area contributed by atoms with Crippen LogP contribution in [0.5, 0.6) is 0 Å². The number of rotatable bonds is 5. The van der Waals surface area contributed by atoms with E-state index in [0.717, 1.165) is 6.42 Å². The highest BCUT2D eigenvalue weighted by Crippen LogP contribution is 2.10. The molecule has 84 valence electrons. The van der Waals surface area contributed by atoms with Crippen LogP contribution in [0.15, 0.2) is 34.8 Å². The number of allylic oxidation sites excluding steroid dienone is 4. The van der Waals surface area contributed by atoms with Gasteiger partial charge in [-0.05, 0) is 37.8 Å². The lowest BCUT2D eigenvalue weighted by atomic mass is 10.0. The molecule has 0 aromatic rings. The molecule has 15 heavy (non-hydrogen) atoms. The third kappa shape index (κ3) is 7.03. The van der Waals surface area contributed by atoms with Gasteiger partial charge in [0.25, 0.3) is 0 Å². The van der Waals surface area contributed by atoms with Crippen molar-refractivity contribution >= 4 is 0 Å². The van der Waals surface area contributed by atoms with Crippen LogP contribution >= 0.6 is 0 Å². The first kappa shape index (κ1) is 14.0. The standard InChI is InChI=1S/C15H24/c1-6-8-9-10-14(4)15(5)12-11-13(3)7-2/h9-10,14H,6-8H2,1-5H3. The van der Waals surface area contributed by atoms with Crippen molar-refractivity contribution in [2.75, 3.05) is 0 Å². The molecule has 0 heteroatoms. The van der Waals surface area contributed by atoms with E-state index in [1.165, 1.54) is 24.0 Å². The molecule has 0 spiro atoms. The SMILES string of the molecule is CCCC=CC(C)C(C)=C=C=C(C)CC. The van der Waals surface area contributed by atoms with Crippen LogP contribution in [-0.2, 0) is 0 Å². The van der Waals surface area contributed by atoms with Crippen LogP contribution in [0.2, 0.25) is 0 Å². The lowest BCUT2D eigenvalue weighted by Crippen LogP contribution is -1.89. The zero-order valence-electron chi connectivity index (χ0n) is 10.9. The Balaban J connectivity index is 4.57. The smallest absolute Gasteiger partial charge is 0.00280 e. The summed E-state index contributed by atoms with van der Waals surface area (Å²) in [6.45, 7) is 10.8. The summed E-state index contributed by atoms with van der Waals surface area (Å²) in [5.74, 6) is 0.480. The zero-order chi connectivity index (χ0) is 11.7. The summed E-state index contributed by atoms with van der Waals surface area (Å²) in [6, 6.07) is 0. The van der Waals surface area contributed by atoms with E-state index in [1.54, 1.807) is 0 Å². The molecule has 0 heterocycles. The maximum absolute atomic E-state index is 3.24. The summed E-state index contributed by atoms with van der Waals surface area (Å²) >= 11 is 0. The van der Waals surface area contributed by atoms with Gasteiger partial charge in [-0.15, -0.1) is 0 Å². The molecule has 0 nitrogen and oxygen atoms in total. The molecule has 0 bridgehead atoms. The molecule has 1 atom stereocenters. The van der Waals surface area contributed by atoms with Crippen LogP contribution in [0, 0.1) is 5.92 Å². The van der Waals surface area contributed by atoms with E-state index in [0.29, 0.717) is 5.92 Å². The van der Waals surface area contributed by atoms with E-state index in [9.17, 15) is 0 Å². The highest BCUT2D eigenvalue weighted by atomic mass is 14.0. The Morgan fingerprint density at radius 2 is 1.87 bits per heavy atom. The molecule has 0 saturated heterocycles. The van der Waals surface area contributed by atoms with Gasteiger partial charge in [-0.2, -0.15) is 0 Å². The summed E-state index contributed by atoms with van der Waals surface area (Å²) in [4.78, 5) is 0. The lowest BCUT2D eigenvalue weighted by molar-refractivity contribution is 0.849. The number of hydrogen-bond donors (Lipinski definition) is 0. The fourth-order valence-corrected chi connectivity index (χ4v) is 1.02. The molecular weight excluding hydrogens is 180 g/mol. The van der Waals surface area contributed by atoms with Gasteiger partial charge in [0.15, 0.2) is 0 Å². The molecule has 0 radical (unpaired) electrons. The molecule has 0 saturated carbocycles. The largest absolute Gasteiger partial charge is 0.0879 e. The van der Waals surface area contributed by atoms with E-state index in [4.69, 9.17) is 0 Å². The van der Waals surface area contributed by atoms with Crippen molar-refractivity contribution in [3.05, 3.63) is 34.8 Å². The second kappa shape index (κ2) is 8.36. The molecule has 0 aliphatic heterocycles. The molecule has 0 rings (SSSR count). The first-order valence-electron chi connectivity index (χ1n) is 5.96. The van der Waals surface area contributed by atoms with Crippen molar-refractivity contribution in [3.8, 4) is 0 Å². The summed E-state index contributed by atoms with van der Waals surface area (Å²) in [6.07, 6.45) is 7.96. The highest BCUT2D eigenvalue weighted by Gasteiger charge is 1.96. The van der Waals surface area contributed by atoms with Crippen LogP contribution in [-0.4, -0.2) is 0 Å². The van der Waals surface area contributed by atoms with E-state index in [2.05, 4.69) is 58.2 Å². The van der Waals surface area contributed by atoms with E-state index < -0.39 is 0 Å². The van der Waals surface area contributed by atoms with Crippen LogP contribution in [0.25, 0.3) is 0 Å². The Morgan fingerprint density at radius 1 is 1.20 bits per heavy atom. The Kier molecular flexibility index (Phi) is 7.82. The maximum atomic E-state index is 3.24. The van der Waals surface area contributed by atoms with Gasteiger partial charge in [0.05, 0.1) is 0 Å². The quantitative estimate of drug-likeness (QED) is 0.435. The molecule has 0 aliphatic carbocycles. The zero-order valence-corrected chi connectivity index (χ0v) is 10.9. The topological polar surface area (TPSA) is 0 Å². The fourth-order valence-electron chi connectivity index (χ4n) is 1.02. The normalized spacial score (nSPS) is 12.1.